The van der Waals surface area contributed by atoms with E-state index in [-0.39, 0.29) is 17.3 Å². The van der Waals surface area contributed by atoms with Gasteiger partial charge in [0, 0.05) is 11.3 Å². The van der Waals surface area contributed by atoms with Gasteiger partial charge in [-0.05, 0) is 85.0 Å². The Labute approximate surface area is 234 Å². The van der Waals surface area contributed by atoms with Gasteiger partial charge in [-0.2, -0.15) is 0 Å². The number of ether oxygens (including phenoxy) is 4. The fourth-order valence-electron chi connectivity index (χ4n) is 5.02. The van der Waals surface area contributed by atoms with Crippen LogP contribution in [0.1, 0.15) is 55.0 Å². The number of rotatable bonds is 9. The molecule has 0 radical (unpaired) electrons. The van der Waals surface area contributed by atoms with Crippen molar-refractivity contribution in [1.82, 2.24) is 0 Å². The number of carbonyl (C=O) groups is 2. The van der Waals surface area contributed by atoms with Crippen molar-refractivity contribution in [2.45, 2.75) is 39.7 Å². The molecule has 1 aliphatic rings. The van der Waals surface area contributed by atoms with Gasteiger partial charge in [0.1, 0.15) is 17.3 Å². The zero-order valence-corrected chi connectivity index (χ0v) is 23.9. The first-order valence-electron chi connectivity index (χ1n) is 13.1. The summed E-state index contributed by atoms with van der Waals surface area (Å²) in [5, 5.41) is 11.8. The number of aryl methyl sites for hydroxylation is 1. The van der Waals surface area contributed by atoms with Gasteiger partial charge in [0.25, 0.3) is 11.7 Å². The average Bonchev–Trinajstić information content (AvgIpc) is 3.22. The van der Waals surface area contributed by atoms with Crippen LogP contribution in [0.25, 0.3) is 5.76 Å². The number of anilines is 1. The lowest BCUT2D eigenvalue weighted by Crippen LogP contribution is -2.29. The minimum absolute atomic E-state index is 0.0172. The molecule has 1 saturated heterocycles. The van der Waals surface area contributed by atoms with E-state index in [9.17, 15) is 14.7 Å². The molecule has 210 valence electrons. The van der Waals surface area contributed by atoms with Crippen molar-refractivity contribution in [3.05, 3.63) is 82.4 Å². The number of ketones is 1. The first-order valence-corrected chi connectivity index (χ1v) is 13.1. The summed E-state index contributed by atoms with van der Waals surface area (Å²) in [5.41, 5.74) is 3.08. The SMILES string of the molecule is CCOc1cc(C2/C(=C(\O)c3cc(C(C)C)c(OC)cc3C)C(=O)C(=O)N2c2ccc(OC)cc2)ccc1OC. The number of carbonyl (C=O) groups excluding carboxylic acids is 2. The molecular weight excluding hydrogens is 510 g/mol. The highest BCUT2D eigenvalue weighted by molar-refractivity contribution is 6.51. The molecule has 1 unspecified atom stereocenters. The van der Waals surface area contributed by atoms with E-state index in [4.69, 9.17) is 18.9 Å². The van der Waals surface area contributed by atoms with Crippen LogP contribution in [-0.2, 0) is 9.59 Å². The molecule has 40 heavy (non-hydrogen) atoms. The van der Waals surface area contributed by atoms with Crippen LogP contribution in [0.2, 0.25) is 0 Å². The summed E-state index contributed by atoms with van der Waals surface area (Å²) in [6.45, 7) is 8.12. The molecule has 1 heterocycles. The van der Waals surface area contributed by atoms with Gasteiger partial charge < -0.3 is 24.1 Å². The number of aliphatic hydroxyl groups is 1. The highest BCUT2D eigenvalue weighted by Crippen LogP contribution is 2.45. The molecule has 0 spiro atoms. The summed E-state index contributed by atoms with van der Waals surface area (Å²) in [6.07, 6.45) is 0. The van der Waals surface area contributed by atoms with Crippen LogP contribution in [0.15, 0.2) is 60.2 Å². The van der Waals surface area contributed by atoms with Gasteiger partial charge >= 0.3 is 0 Å². The van der Waals surface area contributed by atoms with Crippen LogP contribution >= 0.6 is 0 Å². The zero-order valence-electron chi connectivity index (χ0n) is 23.9. The third-order valence-electron chi connectivity index (χ3n) is 7.05. The Balaban J connectivity index is 2.00. The van der Waals surface area contributed by atoms with Crippen molar-refractivity contribution in [3.8, 4) is 23.0 Å². The van der Waals surface area contributed by atoms with Gasteiger partial charge in [-0.1, -0.05) is 19.9 Å². The molecule has 1 amide bonds. The van der Waals surface area contributed by atoms with Crippen LogP contribution in [-0.4, -0.2) is 44.7 Å². The first kappa shape index (κ1) is 28.5. The Morgan fingerprint density at radius 2 is 1.57 bits per heavy atom. The number of amides is 1. The third kappa shape index (κ3) is 5.09. The van der Waals surface area contributed by atoms with Crippen LogP contribution in [0, 0.1) is 6.92 Å². The van der Waals surface area contributed by atoms with Gasteiger partial charge in [-0.15, -0.1) is 0 Å². The first-order chi connectivity index (χ1) is 19.2. The standard InChI is InChI=1S/C32H35NO7/c1-8-40-27-16-20(9-14-25(27)38-6)29-28(30(34)24-17-23(18(2)3)26(39-7)15-19(24)4)31(35)32(36)33(29)21-10-12-22(37-5)13-11-21/h9-18,29,34H,8H2,1-7H3/b30-28+. The molecule has 1 aliphatic heterocycles. The lowest BCUT2D eigenvalue weighted by Gasteiger charge is -2.26. The molecule has 3 aromatic rings. The number of Topliss-reactive ketones (excluding diaryl/α,β-unsaturated/α-hetero) is 1. The zero-order chi connectivity index (χ0) is 29.1. The topological polar surface area (TPSA) is 94.5 Å². The maximum absolute atomic E-state index is 13.7. The van der Waals surface area contributed by atoms with Crippen molar-refractivity contribution >= 4 is 23.1 Å². The molecule has 1 N–H and O–H groups in total. The minimum atomic E-state index is -0.928. The molecule has 3 aromatic carbocycles. The molecule has 0 bridgehead atoms. The number of hydrogen-bond donors (Lipinski definition) is 1. The minimum Gasteiger partial charge on any atom is -0.507 e. The van der Waals surface area contributed by atoms with E-state index in [1.165, 1.54) is 4.90 Å². The highest BCUT2D eigenvalue weighted by atomic mass is 16.5. The Kier molecular flexibility index (Phi) is 8.38. The third-order valence-corrected chi connectivity index (χ3v) is 7.05. The highest BCUT2D eigenvalue weighted by Gasteiger charge is 2.47. The molecular formula is C32H35NO7. The lowest BCUT2D eigenvalue weighted by molar-refractivity contribution is -0.132. The predicted octanol–water partition coefficient (Wildman–Crippen LogP) is 6.17. The van der Waals surface area contributed by atoms with Crippen LogP contribution < -0.4 is 23.8 Å². The second-order valence-electron chi connectivity index (χ2n) is 9.77. The lowest BCUT2D eigenvalue weighted by atomic mass is 9.91. The van der Waals surface area contributed by atoms with Crippen molar-refractivity contribution in [2.75, 3.05) is 32.8 Å². The summed E-state index contributed by atoms with van der Waals surface area (Å²) in [6, 6.07) is 14.8. The van der Waals surface area contributed by atoms with Gasteiger partial charge in [0.15, 0.2) is 11.5 Å². The number of benzene rings is 3. The second kappa shape index (κ2) is 11.7. The van der Waals surface area contributed by atoms with Gasteiger partial charge in [0.05, 0.1) is 39.6 Å². The molecule has 8 heteroatoms. The number of nitrogens with zero attached hydrogens (tertiary/aromatic N) is 1. The Hall–Kier alpha value is -4.46. The summed E-state index contributed by atoms with van der Waals surface area (Å²) >= 11 is 0. The molecule has 8 nitrogen and oxygen atoms in total. The van der Waals surface area contributed by atoms with E-state index < -0.39 is 17.7 Å². The molecule has 1 atom stereocenters. The maximum Gasteiger partial charge on any atom is 0.300 e. The van der Waals surface area contributed by atoms with E-state index in [1.54, 1.807) is 63.8 Å². The van der Waals surface area contributed by atoms with E-state index in [1.807, 2.05) is 39.8 Å². The Morgan fingerprint density at radius 1 is 0.900 bits per heavy atom. The van der Waals surface area contributed by atoms with E-state index in [0.29, 0.717) is 52.0 Å². The normalized spacial score (nSPS) is 16.4. The fourth-order valence-corrected chi connectivity index (χ4v) is 5.02. The van der Waals surface area contributed by atoms with E-state index in [0.717, 1.165) is 5.56 Å². The number of methoxy groups -OCH3 is 3. The number of aliphatic hydroxyl groups excluding tert-OH is 1. The van der Waals surface area contributed by atoms with Crippen LogP contribution in [0.5, 0.6) is 23.0 Å². The van der Waals surface area contributed by atoms with Crippen LogP contribution in [0.4, 0.5) is 5.69 Å². The summed E-state index contributed by atoms with van der Waals surface area (Å²) < 4.78 is 22.1. The monoisotopic (exact) mass is 545 g/mol. The Bertz CT molecular complexity index is 1460. The van der Waals surface area contributed by atoms with Crippen molar-refractivity contribution < 1.29 is 33.6 Å². The van der Waals surface area contributed by atoms with Crippen molar-refractivity contribution in [1.29, 1.82) is 0 Å². The van der Waals surface area contributed by atoms with Gasteiger partial charge in [-0.3, -0.25) is 14.5 Å². The summed E-state index contributed by atoms with van der Waals surface area (Å²) in [7, 11) is 4.69. The largest absolute Gasteiger partial charge is 0.507 e. The van der Waals surface area contributed by atoms with E-state index >= 15 is 0 Å². The smallest absolute Gasteiger partial charge is 0.300 e. The fraction of sp³-hybridized carbons (Fsp3) is 0.312. The molecule has 1 fully saturated rings. The second-order valence-corrected chi connectivity index (χ2v) is 9.77. The van der Waals surface area contributed by atoms with Gasteiger partial charge in [0.2, 0.25) is 0 Å². The predicted molar refractivity (Wildman–Crippen MR) is 154 cm³/mol. The molecule has 0 aliphatic carbocycles. The van der Waals surface area contributed by atoms with Crippen molar-refractivity contribution in [3.63, 3.8) is 0 Å². The summed E-state index contributed by atoms with van der Waals surface area (Å²) in [4.78, 5) is 28.7. The quantitative estimate of drug-likeness (QED) is 0.195. The van der Waals surface area contributed by atoms with Crippen molar-refractivity contribution in [2.24, 2.45) is 0 Å². The van der Waals surface area contributed by atoms with E-state index in [2.05, 4.69) is 0 Å². The van der Waals surface area contributed by atoms with Gasteiger partial charge in [-0.25, -0.2) is 0 Å². The average molecular weight is 546 g/mol. The molecule has 0 saturated carbocycles. The maximum atomic E-state index is 13.7. The molecule has 0 aromatic heterocycles. The van der Waals surface area contributed by atoms with Crippen LogP contribution in [0.3, 0.4) is 0 Å². The molecule has 4 rings (SSSR count). The number of hydrogen-bond acceptors (Lipinski definition) is 7. The summed E-state index contributed by atoms with van der Waals surface area (Å²) in [5.74, 6) is 0.579. The Morgan fingerprint density at radius 3 is 2.15 bits per heavy atom.